The van der Waals surface area contributed by atoms with Crippen molar-refractivity contribution in [3.8, 4) is 11.5 Å². The van der Waals surface area contributed by atoms with E-state index in [9.17, 15) is 4.79 Å². The van der Waals surface area contributed by atoms with Crippen LogP contribution in [0.2, 0.25) is 0 Å². The molecule has 6 heteroatoms. The summed E-state index contributed by atoms with van der Waals surface area (Å²) < 4.78 is 12.2. The van der Waals surface area contributed by atoms with Gasteiger partial charge >= 0.3 is 0 Å². The van der Waals surface area contributed by atoms with Crippen LogP contribution in [0, 0.1) is 0 Å². The number of likely N-dealkylation sites (tertiary alicyclic amines) is 1. The lowest BCUT2D eigenvalue weighted by atomic mass is 9.92. The molecule has 6 nitrogen and oxygen atoms in total. The number of carbonyl (C=O) groups excluding carboxylic acids is 1. The second-order valence-electron chi connectivity index (χ2n) is 7.80. The van der Waals surface area contributed by atoms with Gasteiger partial charge in [0.25, 0.3) is 0 Å². The summed E-state index contributed by atoms with van der Waals surface area (Å²) >= 11 is 0. The molecule has 5 rings (SSSR count). The number of para-hydroxylation sites is 2. The third-order valence-electron chi connectivity index (χ3n) is 6.21. The molecule has 0 bridgehead atoms. The van der Waals surface area contributed by atoms with Crippen molar-refractivity contribution < 1.29 is 14.3 Å². The van der Waals surface area contributed by atoms with E-state index >= 15 is 0 Å². The van der Waals surface area contributed by atoms with Crippen LogP contribution in [0.15, 0.2) is 54.6 Å². The molecule has 2 aromatic rings. The Labute approximate surface area is 170 Å². The highest BCUT2D eigenvalue weighted by molar-refractivity contribution is 5.73. The van der Waals surface area contributed by atoms with E-state index in [1.807, 2.05) is 41.3 Å². The zero-order chi connectivity index (χ0) is 20.0. The van der Waals surface area contributed by atoms with Crippen LogP contribution in [0.5, 0.6) is 11.5 Å². The van der Waals surface area contributed by atoms with Crippen LogP contribution in [0.25, 0.3) is 5.70 Å². The van der Waals surface area contributed by atoms with Gasteiger partial charge in [0.2, 0.25) is 5.91 Å². The number of amides is 1. The van der Waals surface area contributed by atoms with E-state index in [-0.39, 0.29) is 11.9 Å². The molecule has 3 aliphatic rings. The van der Waals surface area contributed by atoms with E-state index < -0.39 is 5.72 Å². The molecule has 3 heterocycles. The summed E-state index contributed by atoms with van der Waals surface area (Å²) in [6.45, 7) is 3.01. The lowest BCUT2D eigenvalue weighted by Crippen LogP contribution is -2.64. The van der Waals surface area contributed by atoms with Gasteiger partial charge < -0.3 is 19.8 Å². The number of ether oxygens (including phenoxy) is 2. The molecule has 1 amide bonds. The Morgan fingerprint density at radius 2 is 1.86 bits per heavy atom. The standard InChI is InChI=1S/C23H25N3O3/c1-16(27)25-13-11-23(12-14-25)26-20(18-8-4-6-10-22(18)29-23)15-19(24-26)17-7-3-5-9-21(17)28-2/h3-10,15,20,24H,11-14H2,1-2H3/t20-/m1/s1. The number of methoxy groups -OCH3 is 1. The van der Waals surface area contributed by atoms with Crippen molar-refractivity contribution in [2.24, 2.45) is 0 Å². The molecule has 29 heavy (non-hydrogen) atoms. The van der Waals surface area contributed by atoms with Gasteiger partial charge in [0.05, 0.1) is 18.8 Å². The first-order valence-electron chi connectivity index (χ1n) is 10.1. The number of nitrogens with one attached hydrogen (secondary N) is 1. The second kappa shape index (κ2) is 6.81. The van der Waals surface area contributed by atoms with Crippen LogP contribution < -0.4 is 14.9 Å². The van der Waals surface area contributed by atoms with Gasteiger partial charge in [-0.25, -0.2) is 0 Å². The van der Waals surface area contributed by atoms with Crippen LogP contribution in [-0.2, 0) is 4.79 Å². The van der Waals surface area contributed by atoms with Gasteiger partial charge in [0, 0.05) is 44.0 Å². The number of hydrogen-bond acceptors (Lipinski definition) is 5. The van der Waals surface area contributed by atoms with Gasteiger partial charge in [-0.15, -0.1) is 0 Å². The molecule has 2 aromatic carbocycles. The molecule has 1 N–H and O–H groups in total. The molecule has 0 aromatic heterocycles. The van der Waals surface area contributed by atoms with Gasteiger partial charge in [0.15, 0.2) is 5.72 Å². The topological polar surface area (TPSA) is 54.0 Å². The fourth-order valence-corrected chi connectivity index (χ4v) is 4.66. The highest BCUT2D eigenvalue weighted by atomic mass is 16.5. The number of fused-ring (bicyclic) bond motifs is 4. The third kappa shape index (κ3) is 2.86. The number of piperidine rings is 1. The minimum atomic E-state index is -0.495. The monoisotopic (exact) mass is 391 g/mol. The van der Waals surface area contributed by atoms with Gasteiger partial charge in [-0.3, -0.25) is 4.79 Å². The van der Waals surface area contributed by atoms with Gasteiger partial charge in [-0.05, 0) is 24.3 Å². The minimum absolute atomic E-state index is 0.0590. The molecular formula is C23H25N3O3. The molecule has 0 aliphatic carbocycles. The largest absolute Gasteiger partial charge is 0.496 e. The molecule has 3 aliphatic heterocycles. The number of rotatable bonds is 2. The van der Waals surface area contributed by atoms with Gasteiger partial charge in [-0.1, -0.05) is 30.3 Å². The predicted octanol–water partition coefficient (Wildman–Crippen LogP) is 3.33. The Morgan fingerprint density at radius 3 is 2.62 bits per heavy atom. The molecule has 0 unspecified atom stereocenters. The highest BCUT2D eigenvalue weighted by Gasteiger charge is 2.51. The lowest BCUT2D eigenvalue weighted by molar-refractivity contribution is -0.165. The number of hydrazine groups is 1. The van der Waals surface area contributed by atoms with Crippen molar-refractivity contribution in [2.75, 3.05) is 20.2 Å². The first kappa shape index (κ1) is 18.1. The summed E-state index contributed by atoms with van der Waals surface area (Å²) in [6, 6.07) is 16.3. The molecule has 1 fully saturated rings. The third-order valence-corrected chi connectivity index (χ3v) is 6.21. The quantitative estimate of drug-likeness (QED) is 0.851. The molecule has 150 valence electrons. The Kier molecular flexibility index (Phi) is 4.24. The van der Waals surface area contributed by atoms with Crippen molar-refractivity contribution in [2.45, 2.75) is 31.5 Å². The van der Waals surface area contributed by atoms with Crippen molar-refractivity contribution in [1.82, 2.24) is 15.3 Å². The lowest BCUT2D eigenvalue weighted by Gasteiger charge is -2.51. The Hall–Kier alpha value is -2.99. The number of nitrogens with zero attached hydrogens (tertiary/aromatic N) is 2. The van der Waals surface area contributed by atoms with Crippen molar-refractivity contribution >= 4 is 11.6 Å². The molecule has 0 radical (unpaired) electrons. The van der Waals surface area contributed by atoms with E-state index in [1.165, 1.54) is 0 Å². The SMILES string of the molecule is COc1ccccc1C1=C[C@@H]2c3ccccc3OC3(CCN(C(C)=O)CC3)N2N1. The summed E-state index contributed by atoms with van der Waals surface area (Å²) in [7, 11) is 1.69. The first-order valence-corrected chi connectivity index (χ1v) is 10.1. The minimum Gasteiger partial charge on any atom is -0.496 e. The zero-order valence-corrected chi connectivity index (χ0v) is 16.7. The highest BCUT2D eigenvalue weighted by Crippen LogP contribution is 2.48. The van der Waals surface area contributed by atoms with Crippen molar-refractivity contribution in [1.29, 1.82) is 0 Å². The number of hydrogen-bond donors (Lipinski definition) is 1. The molecular weight excluding hydrogens is 366 g/mol. The van der Waals surface area contributed by atoms with E-state index in [0.717, 1.165) is 41.2 Å². The van der Waals surface area contributed by atoms with Crippen molar-refractivity contribution in [3.05, 3.63) is 65.7 Å². The molecule has 0 saturated carbocycles. The van der Waals surface area contributed by atoms with E-state index in [4.69, 9.17) is 9.47 Å². The molecule has 1 spiro atoms. The average molecular weight is 391 g/mol. The van der Waals surface area contributed by atoms with E-state index in [0.29, 0.717) is 13.1 Å². The van der Waals surface area contributed by atoms with Crippen molar-refractivity contribution in [3.63, 3.8) is 0 Å². The predicted molar refractivity (Wildman–Crippen MR) is 110 cm³/mol. The summed E-state index contributed by atoms with van der Waals surface area (Å²) in [5.74, 6) is 1.87. The zero-order valence-electron chi connectivity index (χ0n) is 16.7. The summed E-state index contributed by atoms with van der Waals surface area (Å²) in [6.07, 6.45) is 3.74. The first-order chi connectivity index (χ1) is 14.1. The molecule has 1 atom stereocenters. The fourth-order valence-electron chi connectivity index (χ4n) is 4.66. The fraction of sp³-hybridized carbons (Fsp3) is 0.348. The van der Waals surface area contributed by atoms with Gasteiger partial charge in [-0.2, -0.15) is 5.01 Å². The van der Waals surface area contributed by atoms with E-state index in [2.05, 4.69) is 28.6 Å². The number of benzene rings is 2. The Balaban J connectivity index is 1.54. The average Bonchev–Trinajstić information content (AvgIpc) is 3.21. The molecule has 1 saturated heterocycles. The summed E-state index contributed by atoms with van der Waals surface area (Å²) in [5.41, 5.74) is 6.30. The van der Waals surface area contributed by atoms with Gasteiger partial charge in [0.1, 0.15) is 11.5 Å². The summed E-state index contributed by atoms with van der Waals surface area (Å²) in [5, 5.41) is 2.23. The van der Waals surface area contributed by atoms with Crippen LogP contribution in [0.3, 0.4) is 0 Å². The second-order valence-corrected chi connectivity index (χ2v) is 7.80. The Morgan fingerprint density at radius 1 is 1.14 bits per heavy atom. The van der Waals surface area contributed by atoms with E-state index in [1.54, 1.807) is 14.0 Å². The smallest absolute Gasteiger partial charge is 0.219 e. The van der Waals surface area contributed by atoms with Crippen LogP contribution >= 0.6 is 0 Å². The van der Waals surface area contributed by atoms with Crippen LogP contribution in [0.1, 0.15) is 36.9 Å². The maximum Gasteiger partial charge on any atom is 0.219 e. The maximum absolute atomic E-state index is 11.8. The maximum atomic E-state index is 11.8. The normalized spacial score (nSPS) is 22.2. The Bertz CT molecular complexity index is 979. The number of carbonyl (C=O) groups is 1. The summed E-state index contributed by atoms with van der Waals surface area (Å²) in [4.78, 5) is 13.7. The van der Waals surface area contributed by atoms with Crippen LogP contribution in [0.4, 0.5) is 0 Å². The van der Waals surface area contributed by atoms with Crippen LogP contribution in [-0.4, -0.2) is 41.7 Å².